The molecular weight excluding hydrogens is 713 g/mol. The molecule has 0 fully saturated rings. The number of aromatic nitrogens is 2. The van der Waals surface area contributed by atoms with Gasteiger partial charge >= 0.3 is 0 Å². The van der Waals surface area contributed by atoms with Gasteiger partial charge in [0.1, 0.15) is 0 Å². The monoisotopic (exact) mass is 752 g/mol. The van der Waals surface area contributed by atoms with E-state index in [9.17, 15) is 0 Å². The van der Waals surface area contributed by atoms with E-state index in [0.29, 0.717) is 5.82 Å². The SMILES string of the molecule is CC1(C)c2cc3ccccc3cc2-c2c(-c3ccc(-c4ccc5ccccc5c4-c4ccc(-c5cc(-c6ccccc6)nc(-c6ccccc6)n5)cc4)cc3)cccc21. The first-order valence-corrected chi connectivity index (χ1v) is 20.4. The van der Waals surface area contributed by atoms with E-state index < -0.39 is 0 Å². The molecule has 1 aliphatic carbocycles. The van der Waals surface area contributed by atoms with Crippen LogP contribution in [0.3, 0.4) is 0 Å². The molecule has 11 rings (SSSR count). The second-order valence-electron chi connectivity index (χ2n) is 16.2. The smallest absolute Gasteiger partial charge is 0.160 e. The Kier molecular flexibility index (Phi) is 8.20. The van der Waals surface area contributed by atoms with Crippen molar-refractivity contribution in [2.75, 3.05) is 0 Å². The Morgan fingerprint density at radius 3 is 1.53 bits per heavy atom. The topological polar surface area (TPSA) is 25.8 Å². The number of nitrogens with zero attached hydrogens (tertiary/aromatic N) is 2. The second kappa shape index (κ2) is 13.9. The van der Waals surface area contributed by atoms with Gasteiger partial charge in [-0.25, -0.2) is 9.97 Å². The van der Waals surface area contributed by atoms with Crippen LogP contribution in [0.5, 0.6) is 0 Å². The predicted molar refractivity (Wildman–Crippen MR) is 247 cm³/mol. The van der Waals surface area contributed by atoms with Gasteiger partial charge in [-0.05, 0) is 95.4 Å². The van der Waals surface area contributed by atoms with Gasteiger partial charge in [0.2, 0.25) is 0 Å². The number of hydrogen-bond acceptors (Lipinski definition) is 2. The first-order chi connectivity index (χ1) is 29.0. The summed E-state index contributed by atoms with van der Waals surface area (Å²) >= 11 is 0. The number of rotatable bonds is 6. The fraction of sp³-hybridized carbons (Fsp3) is 0.0526. The van der Waals surface area contributed by atoms with Gasteiger partial charge in [-0.3, -0.25) is 0 Å². The molecular formula is C57H40N2. The molecule has 0 unspecified atom stereocenters. The number of hydrogen-bond donors (Lipinski definition) is 0. The quantitative estimate of drug-likeness (QED) is 0.169. The molecule has 1 heterocycles. The summed E-state index contributed by atoms with van der Waals surface area (Å²) in [6, 6.07) is 74.4. The van der Waals surface area contributed by atoms with Gasteiger partial charge in [0.25, 0.3) is 0 Å². The van der Waals surface area contributed by atoms with Crippen LogP contribution in [0.25, 0.3) is 100.0 Å². The van der Waals surface area contributed by atoms with E-state index in [1.165, 1.54) is 71.6 Å². The highest BCUT2D eigenvalue weighted by Crippen LogP contribution is 2.53. The highest BCUT2D eigenvalue weighted by Gasteiger charge is 2.37. The Morgan fingerprint density at radius 2 is 0.847 bits per heavy atom. The fourth-order valence-corrected chi connectivity index (χ4v) is 9.24. The summed E-state index contributed by atoms with van der Waals surface area (Å²) in [6.07, 6.45) is 0. The fourth-order valence-electron chi connectivity index (χ4n) is 9.24. The van der Waals surface area contributed by atoms with Crippen LogP contribution in [0.15, 0.2) is 206 Å². The summed E-state index contributed by atoms with van der Waals surface area (Å²) in [4.78, 5) is 10.1. The largest absolute Gasteiger partial charge is 0.228 e. The zero-order chi connectivity index (χ0) is 39.5. The lowest BCUT2D eigenvalue weighted by atomic mass is 9.81. The van der Waals surface area contributed by atoms with Gasteiger partial charge in [-0.2, -0.15) is 0 Å². The molecule has 0 aliphatic heterocycles. The molecule has 2 heteroatoms. The summed E-state index contributed by atoms with van der Waals surface area (Å²) in [5, 5.41) is 5.02. The van der Waals surface area contributed by atoms with E-state index in [1.807, 2.05) is 24.3 Å². The van der Waals surface area contributed by atoms with Gasteiger partial charge in [0.05, 0.1) is 11.4 Å². The van der Waals surface area contributed by atoms with Crippen LogP contribution in [0.4, 0.5) is 0 Å². The van der Waals surface area contributed by atoms with Gasteiger partial charge in [-0.1, -0.05) is 202 Å². The molecule has 0 spiro atoms. The van der Waals surface area contributed by atoms with Crippen LogP contribution < -0.4 is 0 Å². The summed E-state index contributed by atoms with van der Waals surface area (Å²) in [5.74, 6) is 0.715. The lowest BCUT2D eigenvalue weighted by molar-refractivity contribution is 0.661. The van der Waals surface area contributed by atoms with Gasteiger partial charge in [0, 0.05) is 22.1 Å². The maximum absolute atomic E-state index is 5.09. The lowest BCUT2D eigenvalue weighted by Gasteiger charge is -2.22. The molecule has 1 aromatic heterocycles. The molecule has 10 aromatic rings. The van der Waals surface area contributed by atoms with Crippen molar-refractivity contribution in [3.05, 3.63) is 217 Å². The van der Waals surface area contributed by atoms with E-state index in [0.717, 1.165) is 33.6 Å². The maximum Gasteiger partial charge on any atom is 0.160 e. The van der Waals surface area contributed by atoms with Crippen LogP contribution in [0.1, 0.15) is 25.0 Å². The molecule has 2 nitrogen and oxygen atoms in total. The van der Waals surface area contributed by atoms with Crippen LogP contribution in [0, 0.1) is 0 Å². The highest BCUT2D eigenvalue weighted by atomic mass is 14.9. The molecule has 0 saturated heterocycles. The standard InChI is InChI=1S/C57H40N2/c1-57(2)50-23-13-22-47(55(50)49-34-44-19-9-10-20-45(44)35-51(49)57)38-24-26-39(27-25-38)48-33-32-37-14-11-12-21-46(37)54(48)42-30-28-41(29-31-42)53-36-52(40-15-5-3-6-16-40)58-56(59-53)43-17-7-4-8-18-43/h3-36H,1-2H3. The van der Waals surface area contributed by atoms with Crippen molar-refractivity contribution in [3.8, 4) is 78.4 Å². The van der Waals surface area contributed by atoms with E-state index >= 15 is 0 Å². The van der Waals surface area contributed by atoms with E-state index in [2.05, 4.69) is 196 Å². The van der Waals surface area contributed by atoms with Crippen molar-refractivity contribution in [2.24, 2.45) is 0 Å². The maximum atomic E-state index is 5.09. The van der Waals surface area contributed by atoms with Crippen molar-refractivity contribution in [2.45, 2.75) is 19.3 Å². The molecule has 59 heavy (non-hydrogen) atoms. The zero-order valence-corrected chi connectivity index (χ0v) is 33.0. The van der Waals surface area contributed by atoms with Gasteiger partial charge < -0.3 is 0 Å². The second-order valence-corrected chi connectivity index (χ2v) is 16.2. The van der Waals surface area contributed by atoms with Crippen molar-refractivity contribution in [1.82, 2.24) is 9.97 Å². The Morgan fingerprint density at radius 1 is 0.322 bits per heavy atom. The minimum atomic E-state index is -0.0813. The lowest BCUT2D eigenvalue weighted by Crippen LogP contribution is -2.14. The third kappa shape index (κ3) is 5.96. The summed E-state index contributed by atoms with van der Waals surface area (Å²) in [5.41, 5.74) is 17.6. The molecule has 278 valence electrons. The van der Waals surface area contributed by atoms with Crippen LogP contribution >= 0.6 is 0 Å². The average molecular weight is 753 g/mol. The van der Waals surface area contributed by atoms with E-state index in [1.54, 1.807) is 0 Å². The zero-order valence-electron chi connectivity index (χ0n) is 33.0. The molecule has 0 N–H and O–H groups in total. The third-order valence-electron chi connectivity index (χ3n) is 12.3. The molecule has 0 atom stereocenters. The van der Waals surface area contributed by atoms with Crippen molar-refractivity contribution in [3.63, 3.8) is 0 Å². The van der Waals surface area contributed by atoms with Crippen molar-refractivity contribution in [1.29, 1.82) is 0 Å². The molecule has 9 aromatic carbocycles. The van der Waals surface area contributed by atoms with Gasteiger partial charge in [0.15, 0.2) is 5.82 Å². The molecule has 1 aliphatic rings. The number of benzene rings is 9. The predicted octanol–water partition coefficient (Wildman–Crippen LogP) is 15.1. The van der Waals surface area contributed by atoms with E-state index in [-0.39, 0.29) is 5.41 Å². The summed E-state index contributed by atoms with van der Waals surface area (Å²) in [6.45, 7) is 4.73. The van der Waals surface area contributed by atoms with Gasteiger partial charge in [-0.15, -0.1) is 0 Å². The molecule has 0 radical (unpaired) electrons. The Labute approximate surface area is 345 Å². The van der Waals surface area contributed by atoms with Crippen LogP contribution in [0.2, 0.25) is 0 Å². The highest BCUT2D eigenvalue weighted by molar-refractivity contribution is 6.05. The normalized spacial score (nSPS) is 12.7. The van der Waals surface area contributed by atoms with Crippen LogP contribution in [-0.4, -0.2) is 9.97 Å². The van der Waals surface area contributed by atoms with E-state index in [4.69, 9.17) is 9.97 Å². The third-order valence-corrected chi connectivity index (χ3v) is 12.3. The van der Waals surface area contributed by atoms with Crippen molar-refractivity contribution >= 4 is 21.5 Å². The number of fused-ring (bicyclic) bond motifs is 5. The van der Waals surface area contributed by atoms with Crippen LogP contribution in [-0.2, 0) is 5.41 Å². The average Bonchev–Trinajstić information content (AvgIpc) is 3.53. The molecule has 0 bridgehead atoms. The summed E-state index contributed by atoms with van der Waals surface area (Å²) < 4.78 is 0. The Balaban J connectivity index is 0.994. The Bertz CT molecular complexity index is 3140. The Hall–Kier alpha value is -7.42. The molecule has 0 amide bonds. The molecule has 0 saturated carbocycles. The first-order valence-electron chi connectivity index (χ1n) is 20.4. The minimum Gasteiger partial charge on any atom is -0.228 e. The van der Waals surface area contributed by atoms with Crippen molar-refractivity contribution < 1.29 is 0 Å². The minimum absolute atomic E-state index is 0.0813. The summed E-state index contributed by atoms with van der Waals surface area (Å²) in [7, 11) is 0. The first kappa shape index (κ1) is 34.8.